The van der Waals surface area contributed by atoms with E-state index in [0.717, 1.165) is 6.42 Å². The average Bonchev–Trinajstić information content (AvgIpc) is 2.79. The van der Waals surface area contributed by atoms with E-state index in [9.17, 15) is 0 Å². The predicted octanol–water partition coefficient (Wildman–Crippen LogP) is 4.17. The van der Waals surface area contributed by atoms with Crippen molar-refractivity contribution in [2.75, 3.05) is 0 Å². The molecule has 1 unspecified atom stereocenters. The van der Waals surface area contributed by atoms with Crippen molar-refractivity contribution in [3.8, 4) is 0 Å². The monoisotopic (exact) mass is 245 g/mol. The van der Waals surface area contributed by atoms with Gasteiger partial charge in [-0.05, 0) is 0 Å². The molecule has 0 amide bonds. The van der Waals surface area contributed by atoms with Gasteiger partial charge in [0.1, 0.15) is 0 Å². The van der Waals surface area contributed by atoms with E-state index >= 15 is 0 Å². The van der Waals surface area contributed by atoms with Crippen LogP contribution >= 0.6 is 0 Å². The van der Waals surface area contributed by atoms with Gasteiger partial charge in [-0.25, -0.2) is 0 Å². The molecule has 0 N–H and O–H groups in total. The first kappa shape index (κ1) is 11.0. The summed E-state index contributed by atoms with van der Waals surface area (Å²) in [7, 11) is 0. The van der Waals surface area contributed by atoms with Gasteiger partial charge in [-0.1, -0.05) is 0 Å². The molecule has 2 aliphatic rings. The number of hydrogen-bond donors (Lipinski definition) is 0. The van der Waals surface area contributed by atoms with Gasteiger partial charge in [0.15, 0.2) is 0 Å². The molecule has 2 rings (SSSR count). The van der Waals surface area contributed by atoms with Gasteiger partial charge in [0.2, 0.25) is 0 Å². The van der Waals surface area contributed by atoms with E-state index in [1.165, 1.54) is 30.4 Å². The van der Waals surface area contributed by atoms with Crippen molar-refractivity contribution < 1.29 is 14.7 Å². The summed E-state index contributed by atoms with van der Waals surface area (Å²) in [5.41, 5.74) is 4.59. The second-order valence-electron chi connectivity index (χ2n) is 4.28. The zero-order valence-corrected chi connectivity index (χ0v) is 10.9. The second-order valence-corrected chi connectivity index (χ2v) is 5.77. The van der Waals surface area contributed by atoms with E-state index < -0.39 is 0 Å². The number of hydrogen-bond acceptors (Lipinski definition) is 0. The Hall–Kier alpha value is -0.534. The third kappa shape index (κ3) is 1.91. The van der Waals surface area contributed by atoms with Crippen molar-refractivity contribution in [3.63, 3.8) is 0 Å². The Labute approximate surface area is 98.8 Å². The molecule has 0 aromatic heterocycles. The quantitative estimate of drug-likeness (QED) is 0.684. The van der Waals surface area contributed by atoms with Crippen LogP contribution in [-0.2, 0) is 14.7 Å². The fraction of sp³-hybridized carbons (Fsp3) is 0.429. The predicted molar refractivity (Wildman–Crippen MR) is 62.1 cm³/mol. The van der Waals surface area contributed by atoms with Gasteiger partial charge in [0.25, 0.3) is 0 Å². The van der Waals surface area contributed by atoms with Gasteiger partial charge in [-0.3, -0.25) is 0 Å². The number of allylic oxidation sites excluding steroid dienone is 8. The van der Waals surface area contributed by atoms with Gasteiger partial charge in [-0.15, -0.1) is 0 Å². The molecule has 2 aliphatic carbocycles. The molecule has 83 valence electrons. The van der Waals surface area contributed by atoms with Crippen LogP contribution in [0.3, 0.4) is 0 Å². The van der Waals surface area contributed by atoms with Gasteiger partial charge < -0.3 is 0 Å². The van der Waals surface area contributed by atoms with Crippen LogP contribution in [-0.4, -0.2) is 0 Å². The van der Waals surface area contributed by atoms with E-state index in [4.69, 9.17) is 0 Å². The Morgan fingerprint density at radius 3 is 2.40 bits per heavy atom. The number of rotatable bonds is 2. The summed E-state index contributed by atoms with van der Waals surface area (Å²) in [6.45, 7) is 9.13. The van der Waals surface area contributed by atoms with Crippen molar-refractivity contribution in [1.29, 1.82) is 0 Å². The molecule has 0 aliphatic heterocycles. The van der Waals surface area contributed by atoms with Crippen molar-refractivity contribution in [2.24, 2.45) is 5.92 Å². The van der Waals surface area contributed by atoms with E-state index in [-0.39, 0.29) is 0 Å². The van der Waals surface area contributed by atoms with Gasteiger partial charge >= 0.3 is 98.7 Å². The molecule has 0 aromatic carbocycles. The Morgan fingerprint density at radius 2 is 1.93 bits per heavy atom. The molecule has 0 nitrogen and oxygen atoms in total. The third-order valence-electron chi connectivity index (χ3n) is 3.41. The van der Waals surface area contributed by atoms with E-state index in [1.54, 1.807) is 10.1 Å². The Kier molecular flexibility index (Phi) is 3.03. The third-order valence-corrected chi connectivity index (χ3v) is 5.25. The van der Waals surface area contributed by atoms with E-state index in [2.05, 4.69) is 45.9 Å². The zero-order chi connectivity index (χ0) is 11.0. The second kappa shape index (κ2) is 4.15. The Bertz CT molecular complexity index is 405. The van der Waals surface area contributed by atoms with Crippen molar-refractivity contribution in [3.05, 3.63) is 44.0 Å². The first-order valence-corrected chi connectivity index (χ1v) is 6.50. The van der Waals surface area contributed by atoms with Crippen LogP contribution in [0, 0.1) is 5.92 Å². The average molecular weight is 245 g/mol. The Morgan fingerprint density at radius 1 is 1.20 bits per heavy atom. The first-order chi connectivity index (χ1) is 7.11. The molecule has 0 spiro atoms. The fourth-order valence-corrected chi connectivity index (χ4v) is 3.64. The maximum absolute atomic E-state index is 2.33. The molecule has 0 heterocycles. The summed E-state index contributed by atoms with van der Waals surface area (Å²) in [5, 5.41) is 0. The molecule has 1 atom stereocenters. The SMILES string of the molecule is CC1=C(C)C(C)[C]([Co][C]2=CC=CC2)=C1C. The van der Waals surface area contributed by atoms with Crippen LogP contribution in [0.5, 0.6) is 0 Å². The summed E-state index contributed by atoms with van der Waals surface area (Å²) in [5.74, 6) is 0.645. The van der Waals surface area contributed by atoms with Crippen LogP contribution < -0.4 is 0 Å². The molecular formula is C14H18Co. The Balaban J connectivity index is 2.18. The van der Waals surface area contributed by atoms with Crippen LogP contribution in [0.1, 0.15) is 34.1 Å². The van der Waals surface area contributed by atoms with Crippen molar-refractivity contribution >= 4 is 0 Å². The van der Waals surface area contributed by atoms with Gasteiger partial charge in [0, 0.05) is 0 Å². The molecule has 0 radical (unpaired) electrons. The molecule has 0 saturated carbocycles. The first-order valence-electron chi connectivity index (χ1n) is 5.46. The van der Waals surface area contributed by atoms with E-state index in [1.807, 2.05) is 0 Å². The minimum atomic E-state index is 0.645. The summed E-state index contributed by atoms with van der Waals surface area (Å²) in [6, 6.07) is 0. The molecule has 0 bridgehead atoms. The molecule has 15 heavy (non-hydrogen) atoms. The van der Waals surface area contributed by atoms with Crippen molar-refractivity contribution in [1.82, 2.24) is 0 Å². The zero-order valence-electron chi connectivity index (χ0n) is 9.85. The van der Waals surface area contributed by atoms with Crippen molar-refractivity contribution in [2.45, 2.75) is 34.1 Å². The molecular weight excluding hydrogens is 227 g/mol. The molecule has 0 fully saturated rings. The topological polar surface area (TPSA) is 0 Å². The van der Waals surface area contributed by atoms with Gasteiger partial charge in [-0.2, -0.15) is 0 Å². The molecule has 0 saturated heterocycles. The van der Waals surface area contributed by atoms with E-state index in [0.29, 0.717) is 5.92 Å². The molecule has 1 heteroatoms. The summed E-state index contributed by atoms with van der Waals surface area (Å²) >= 11 is 1.48. The normalized spacial score (nSPS) is 25.9. The van der Waals surface area contributed by atoms with Crippen LogP contribution in [0.4, 0.5) is 0 Å². The standard InChI is InChI=1S/C9H13.C5H5.Co/c1-6-5-7(2)9(4)8(6)3;1-2-4-5-3-1;/h6H,1-4H3;1-3H,4H2;. The van der Waals surface area contributed by atoms with Crippen LogP contribution in [0.2, 0.25) is 0 Å². The summed E-state index contributed by atoms with van der Waals surface area (Å²) in [6.07, 6.45) is 7.81. The van der Waals surface area contributed by atoms with Gasteiger partial charge in [0.05, 0.1) is 0 Å². The minimum absolute atomic E-state index is 0.645. The summed E-state index contributed by atoms with van der Waals surface area (Å²) < 4.78 is 3.14. The van der Waals surface area contributed by atoms with Crippen LogP contribution in [0.15, 0.2) is 44.0 Å². The maximum atomic E-state index is 2.33. The van der Waals surface area contributed by atoms with Crippen LogP contribution in [0.25, 0.3) is 0 Å². The molecule has 0 aromatic rings. The summed E-state index contributed by atoms with van der Waals surface area (Å²) in [4.78, 5) is 0. The fourth-order valence-electron chi connectivity index (χ4n) is 2.02.